The molecule has 0 radical (unpaired) electrons. The molecule has 0 amide bonds. The minimum Gasteiger partial charge on any atom is -0.356 e. The van der Waals surface area contributed by atoms with E-state index < -0.39 is 0 Å². The minimum atomic E-state index is 0.331. The molecule has 1 atom stereocenters. The van der Waals surface area contributed by atoms with Crippen LogP contribution in [0.15, 0.2) is 6.07 Å². The first-order chi connectivity index (χ1) is 8.56. The van der Waals surface area contributed by atoms with Crippen molar-refractivity contribution in [3.8, 4) is 0 Å². The summed E-state index contributed by atoms with van der Waals surface area (Å²) in [5.41, 5.74) is 0. The second kappa shape index (κ2) is 5.41. The number of aromatic nitrogens is 2. The number of anilines is 1. The lowest BCUT2D eigenvalue weighted by Gasteiger charge is -2.25. The molecule has 2 aromatic rings. The topological polar surface area (TPSA) is 29.0 Å². The average Bonchev–Trinajstić information content (AvgIpc) is 2.78. The van der Waals surface area contributed by atoms with Gasteiger partial charge in [0, 0.05) is 18.0 Å². The van der Waals surface area contributed by atoms with Crippen LogP contribution >= 0.6 is 22.9 Å². The Morgan fingerprint density at radius 2 is 2.11 bits per heavy atom. The minimum absolute atomic E-state index is 0.331. The third-order valence-corrected chi connectivity index (χ3v) is 4.67. The van der Waals surface area contributed by atoms with Crippen LogP contribution in [0.5, 0.6) is 0 Å². The lowest BCUT2D eigenvalue weighted by Crippen LogP contribution is -2.29. The Kier molecular flexibility index (Phi) is 4.07. The third-order valence-electron chi connectivity index (χ3n) is 3.33. The predicted molar refractivity (Wildman–Crippen MR) is 80.0 cm³/mol. The maximum absolute atomic E-state index is 6.03. The van der Waals surface area contributed by atoms with Crippen LogP contribution < -0.4 is 4.90 Å². The summed E-state index contributed by atoms with van der Waals surface area (Å²) in [4.78, 5) is 13.2. The molecule has 0 aliphatic carbocycles. The molecule has 0 saturated heterocycles. The van der Waals surface area contributed by atoms with Crippen LogP contribution in [0.1, 0.15) is 32.1 Å². The van der Waals surface area contributed by atoms with E-state index in [1.807, 2.05) is 0 Å². The van der Waals surface area contributed by atoms with Gasteiger partial charge in [-0.3, -0.25) is 0 Å². The highest BCUT2D eigenvalue weighted by Gasteiger charge is 2.16. The fraction of sp³-hybridized carbons (Fsp3) is 0.538. The van der Waals surface area contributed by atoms with Gasteiger partial charge in [0.15, 0.2) is 0 Å². The monoisotopic (exact) mass is 283 g/mol. The smallest absolute Gasteiger partial charge is 0.225 e. The van der Waals surface area contributed by atoms with Crippen molar-refractivity contribution < 1.29 is 0 Å². The van der Waals surface area contributed by atoms with Crippen molar-refractivity contribution in [2.75, 3.05) is 11.9 Å². The first-order valence-corrected chi connectivity index (χ1v) is 7.45. The first-order valence-electron chi connectivity index (χ1n) is 6.25. The lowest BCUT2D eigenvalue weighted by molar-refractivity contribution is 0.658. The molecule has 2 aromatic heterocycles. The van der Waals surface area contributed by atoms with Gasteiger partial charge in [-0.05, 0) is 37.4 Å². The number of aryl methyl sites for hydroxylation is 1. The Morgan fingerprint density at radius 1 is 1.39 bits per heavy atom. The molecule has 0 spiro atoms. The first kappa shape index (κ1) is 13.6. The predicted octanol–water partition coefficient (Wildman–Crippen LogP) is 4.14. The highest BCUT2D eigenvalue weighted by Crippen LogP contribution is 2.32. The molecular weight excluding hydrogens is 266 g/mol. The second-order valence-electron chi connectivity index (χ2n) is 4.47. The summed E-state index contributed by atoms with van der Waals surface area (Å²) >= 11 is 7.73. The summed E-state index contributed by atoms with van der Waals surface area (Å²) in [6, 6.07) is 2.62. The summed E-state index contributed by atoms with van der Waals surface area (Å²) < 4.78 is 0. The fourth-order valence-corrected chi connectivity index (χ4v) is 3.03. The van der Waals surface area contributed by atoms with Gasteiger partial charge in [-0.1, -0.05) is 13.8 Å². The summed E-state index contributed by atoms with van der Waals surface area (Å²) in [5, 5.41) is 1.45. The molecule has 1 unspecified atom stereocenters. The van der Waals surface area contributed by atoms with Gasteiger partial charge in [0.25, 0.3) is 0 Å². The number of hydrogen-bond acceptors (Lipinski definition) is 4. The zero-order chi connectivity index (χ0) is 13.3. The van der Waals surface area contributed by atoms with Gasteiger partial charge < -0.3 is 4.90 Å². The van der Waals surface area contributed by atoms with Crippen LogP contribution in [0.3, 0.4) is 0 Å². The Hall–Kier alpha value is -0.870. The van der Waals surface area contributed by atoms with Gasteiger partial charge in [0.1, 0.15) is 10.6 Å². The van der Waals surface area contributed by atoms with Gasteiger partial charge in [0.2, 0.25) is 5.28 Å². The van der Waals surface area contributed by atoms with Crippen molar-refractivity contribution in [3.05, 3.63) is 16.2 Å². The van der Waals surface area contributed by atoms with E-state index in [1.165, 1.54) is 4.88 Å². The highest BCUT2D eigenvalue weighted by molar-refractivity contribution is 7.18. The lowest BCUT2D eigenvalue weighted by atomic mass is 10.2. The van der Waals surface area contributed by atoms with E-state index in [0.717, 1.165) is 28.9 Å². The van der Waals surface area contributed by atoms with Crippen molar-refractivity contribution in [3.63, 3.8) is 0 Å². The number of hydrogen-bond donors (Lipinski definition) is 0. The zero-order valence-electron chi connectivity index (χ0n) is 11.2. The maximum Gasteiger partial charge on any atom is 0.225 e. The number of fused-ring (bicyclic) bond motifs is 1. The molecule has 0 N–H and O–H groups in total. The van der Waals surface area contributed by atoms with Gasteiger partial charge in [-0.15, -0.1) is 11.3 Å². The Bertz CT molecular complexity index is 552. The van der Waals surface area contributed by atoms with E-state index in [9.17, 15) is 0 Å². The van der Waals surface area contributed by atoms with E-state index >= 15 is 0 Å². The Labute approximate surface area is 117 Å². The van der Waals surface area contributed by atoms with Crippen LogP contribution in [0.25, 0.3) is 10.2 Å². The van der Waals surface area contributed by atoms with Gasteiger partial charge in [-0.2, -0.15) is 4.98 Å². The SMILES string of the molecule is CCc1cc2c(N(C)C(C)CC)nc(Cl)nc2s1. The normalized spacial score (nSPS) is 12.9. The van der Waals surface area contributed by atoms with Crippen LogP contribution in [0.4, 0.5) is 5.82 Å². The van der Waals surface area contributed by atoms with E-state index in [1.54, 1.807) is 11.3 Å². The molecule has 0 saturated carbocycles. The number of halogens is 1. The highest BCUT2D eigenvalue weighted by atomic mass is 35.5. The molecule has 3 nitrogen and oxygen atoms in total. The molecule has 5 heteroatoms. The van der Waals surface area contributed by atoms with Crippen molar-refractivity contribution in [1.29, 1.82) is 0 Å². The zero-order valence-corrected chi connectivity index (χ0v) is 12.8. The summed E-state index contributed by atoms with van der Waals surface area (Å²) in [7, 11) is 2.07. The molecule has 98 valence electrons. The van der Waals surface area contributed by atoms with Gasteiger partial charge >= 0.3 is 0 Å². The van der Waals surface area contributed by atoms with Crippen LogP contribution in [-0.2, 0) is 6.42 Å². The molecule has 2 heterocycles. The third kappa shape index (κ3) is 2.45. The largest absolute Gasteiger partial charge is 0.356 e. The van der Waals surface area contributed by atoms with E-state index in [4.69, 9.17) is 11.6 Å². The standard InChI is InChI=1S/C13H18ClN3S/c1-5-8(3)17(4)11-10-7-9(6-2)18-12(10)16-13(14)15-11/h7-8H,5-6H2,1-4H3. The molecule has 0 fully saturated rings. The fourth-order valence-electron chi connectivity index (χ4n) is 1.86. The van der Waals surface area contributed by atoms with Crippen molar-refractivity contribution in [1.82, 2.24) is 9.97 Å². The molecule has 2 rings (SSSR count). The summed E-state index contributed by atoms with van der Waals surface area (Å²) in [5.74, 6) is 0.940. The molecule has 0 aliphatic heterocycles. The van der Waals surface area contributed by atoms with Crippen molar-refractivity contribution in [2.45, 2.75) is 39.7 Å². The summed E-state index contributed by atoms with van der Waals surface area (Å²) in [6.07, 6.45) is 2.09. The Morgan fingerprint density at radius 3 is 2.72 bits per heavy atom. The van der Waals surface area contributed by atoms with E-state index in [-0.39, 0.29) is 0 Å². The average molecular weight is 284 g/mol. The molecule has 0 aromatic carbocycles. The van der Waals surface area contributed by atoms with Crippen LogP contribution in [0, 0.1) is 0 Å². The second-order valence-corrected chi connectivity index (χ2v) is 5.92. The van der Waals surface area contributed by atoms with E-state index in [0.29, 0.717) is 11.3 Å². The van der Waals surface area contributed by atoms with Crippen LogP contribution in [-0.4, -0.2) is 23.1 Å². The number of thiophene rings is 1. The molecular formula is C13H18ClN3S. The molecule has 0 bridgehead atoms. The van der Waals surface area contributed by atoms with Gasteiger partial charge in [0.05, 0.1) is 5.39 Å². The quantitative estimate of drug-likeness (QED) is 0.790. The number of nitrogens with zero attached hydrogens (tertiary/aromatic N) is 3. The molecule has 18 heavy (non-hydrogen) atoms. The Balaban J connectivity index is 2.57. The van der Waals surface area contributed by atoms with Crippen LogP contribution in [0.2, 0.25) is 5.28 Å². The molecule has 0 aliphatic rings. The summed E-state index contributed by atoms with van der Waals surface area (Å²) in [6.45, 7) is 6.51. The maximum atomic E-state index is 6.03. The number of rotatable bonds is 4. The van der Waals surface area contributed by atoms with Crippen molar-refractivity contribution in [2.24, 2.45) is 0 Å². The van der Waals surface area contributed by atoms with Crippen molar-refractivity contribution >= 4 is 39.0 Å². The van der Waals surface area contributed by atoms with Gasteiger partial charge in [-0.25, -0.2) is 4.98 Å². The van der Waals surface area contributed by atoms with E-state index in [2.05, 4.69) is 48.8 Å².